The molecule has 0 aromatic heterocycles. The van der Waals surface area contributed by atoms with Crippen LogP contribution in [0.1, 0.15) is 36.0 Å². The summed E-state index contributed by atoms with van der Waals surface area (Å²) in [5.74, 6) is -0.388. The minimum absolute atomic E-state index is 0.212. The average Bonchev–Trinajstić information content (AvgIpc) is 2.36. The fourth-order valence-corrected chi connectivity index (χ4v) is 1.60. The third-order valence-electron chi connectivity index (χ3n) is 2.52. The minimum Gasteiger partial charge on any atom is -0.462 e. The van der Waals surface area contributed by atoms with Crippen molar-refractivity contribution in [3.05, 3.63) is 28.8 Å². The smallest absolute Gasteiger partial charge is 0.338 e. The van der Waals surface area contributed by atoms with E-state index in [-0.39, 0.29) is 12.6 Å². The minimum atomic E-state index is -0.388. The van der Waals surface area contributed by atoms with E-state index in [2.05, 4.69) is 0 Å². The standard InChI is InChI=1S/C13H18ClNO3/c14-11-6-5-10(9-12(11)15)13(17)18-8-4-2-1-3-7-16/h5-6,9,16H,1-4,7-8,15H2. The highest BCUT2D eigenvalue weighted by Gasteiger charge is 2.08. The fourth-order valence-electron chi connectivity index (χ4n) is 1.49. The Morgan fingerprint density at radius 1 is 1.28 bits per heavy atom. The SMILES string of the molecule is Nc1cc(C(=O)OCCCCCCO)ccc1Cl. The first-order valence-corrected chi connectivity index (χ1v) is 6.36. The van der Waals surface area contributed by atoms with Crippen molar-refractivity contribution in [2.45, 2.75) is 25.7 Å². The summed E-state index contributed by atoms with van der Waals surface area (Å²) >= 11 is 5.76. The zero-order chi connectivity index (χ0) is 13.4. The molecule has 0 atom stereocenters. The maximum atomic E-state index is 11.6. The number of hydrogen-bond donors (Lipinski definition) is 2. The average molecular weight is 272 g/mol. The van der Waals surface area contributed by atoms with Gasteiger partial charge in [0.1, 0.15) is 0 Å². The van der Waals surface area contributed by atoms with Gasteiger partial charge in [-0.2, -0.15) is 0 Å². The summed E-state index contributed by atoms with van der Waals surface area (Å²) in [6.45, 7) is 0.594. The Bertz CT molecular complexity index is 396. The van der Waals surface area contributed by atoms with E-state index in [1.54, 1.807) is 12.1 Å². The summed E-state index contributed by atoms with van der Waals surface area (Å²) in [6, 6.07) is 4.68. The largest absolute Gasteiger partial charge is 0.462 e. The molecule has 0 amide bonds. The first-order valence-electron chi connectivity index (χ1n) is 5.98. The highest BCUT2D eigenvalue weighted by atomic mass is 35.5. The molecule has 0 fully saturated rings. The highest BCUT2D eigenvalue weighted by molar-refractivity contribution is 6.33. The Kier molecular flexibility index (Phi) is 6.54. The predicted octanol–water partition coefficient (Wildman–Crippen LogP) is 2.63. The Balaban J connectivity index is 2.30. The number of hydrogen-bond acceptors (Lipinski definition) is 4. The highest BCUT2D eigenvalue weighted by Crippen LogP contribution is 2.19. The number of aliphatic hydroxyl groups excluding tert-OH is 1. The van der Waals surface area contributed by atoms with Crippen LogP contribution in [0.15, 0.2) is 18.2 Å². The van der Waals surface area contributed by atoms with Crippen molar-refractivity contribution >= 4 is 23.3 Å². The monoisotopic (exact) mass is 271 g/mol. The van der Waals surface area contributed by atoms with Gasteiger partial charge in [0.2, 0.25) is 0 Å². The van der Waals surface area contributed by atoms with Gasteiger partial charge >= 0.3 is 5.97 Å². The van der Waals surface area contributed by atoms with Crippen LogP contribution in [0, 0.1) is 0 Å². The van der Waals surface area contributed by atoms with E-state index in [1.165, 1.54) is 6.07 Å². The third-order valence-corrected chi connectivity index (χ3v) is 2.86. The number of carbonyl (C=O) groups excluding carboxylic acids is 1. The van der Waals surface area contributed by atoms with Crippen molar-refractivity contribution in [1.82, 2.24) is 0 Å². The number of halogens is 1. The number of nitrogen functional groups attached to an aromatic ring is 1. The van der Waals surface area contributed by atoms with E-state index in [0.717, 1.165) is 25.7 Å². The maximum Gasteiger partial charge on any atom is 0.338 e. The number of benzene rings is 1. The molecule has 100 valence electrons. The van der Waals surface area contributed by atoms with E-state index < -0.39 is 0 Å². The van der Waals surface area contributed by atoms with Crippen molar-refractivity contribution < 1.29 is 14.6 Å². The zero-order valence-electron chi connectivity index (χ0n) is 10.2. The lowest BCUT2D eigenvalue weighted by Gasteiger charge is -2.06. The van der Waals surface area contributed by atoms with Crippen molar-refractivity contribution in [3.8, 4) is 0 Å². The topological polar surface area (TPSA) is 72.6 Å². The van der Waals surface area contributed by atoms with Crippen LogP contribution in [0.4, 0.5) is 5.69 Å². The molecule has 0 saturated carbocycles. The van der Waals surface area contributed by atoms with Crippen molar-refractivity contribution in [3.63, 3.8) is 0 Å². The molecule has 5 heteroatoms. The van der Waals surface area contributed by atoms with Crippen LogP contribution in [0.2, 0.25) is 5.02 Å². The molecule has 0 heterocycles. The number of esters is 1. The molecule has 4 nitrogen and oxygen atoms in total. The van der Waals surface area contributed by atoms with Crippen LogP contribution in [-0.4, -0.2) is 24.3 Å². The van der Waals surface area contributed by atoms with Crippen LogP contribution in [0.25, 0.3) is 0 Å². The van der Waals surface area contributed by atoms with E-state index in [1.807, 2.05) is 0 Å². The van der Waals surface area contributed by atoms with Gasteiger partial charge < -0.3 is 15.6 Å². The van der Waals surface area contributed by atoms with Gasteiger partial charge in [0.15, 0.2) is 0 Å². The number of aliphatic hydroxyl groups is 1. The molecule has 0 unspecified atom stereocenters. The lowest BCUT2D eigenvalue weighted by molar-refractivity contribution is 0.0497. The molecule has 1 aromatic rings. The van der Waals surface area contributed by atoms with Crippen molar-refractivity contribution in [2.75, 3.05) is 18.9 Å². The quantitative estimate of drug-likeness (QED) is 0.454. The predicted molar refractivity (Wildman–Crippen MR) is 71.7 cm³/mol. The van der Waals surface area contributed by atoms with E-state index in [4.69, 9.17) is 27.2 Å². The summed E-state index contributed by atoms with van der Waals surface area (Å²) in [6.07, 6.45) is 3.48. The second-order valence-electron chi connectivity index (χ2n) is 4.01. The number of ether oxygens (including phenoxy) is 1. The molecule has 0 spiro atoms. The Morgan fingerprint density at radius 3 is 2.67 bits per heavy atom. The zero-order valence-corrected chi connectivity index (χ0v) is 10.9. The normalized spacial score (nSPS) is 10.3. The number of carbonyl (C=O) groups is 1. The molecule has 0 bridgehead atoms. The van der Waals surface area contributed by atoms with Gasteiger partial charge in [-0.05, 0) is 37.5 Å². The van der Waals surface area contributed by atoms with Crippen LogP contribution in [-0.2, 0) is 4.74 Å². The van der Waals surface area contributed by atoms with Crippen LogP contribution >= 0.6 is 11.6 Å². The third kappa shape index (κ3) is 4.94. The van der Waals surface area contributed by atoms with Crippen molar-refractivity contribution in [1.29, 1.82) is 0 Å². The van der Waals surface area contributed by atoms with E-state index in [9.17, 15) is 4.79 Å². The Labute approximate surface area is 112 Å². The van der Waals surface area contributed by atoms with Gasteiger partial charge in [0.25, 0.3) is 0 Å². The van der Waals surface area contributed by atoms with Crippen molar-refractivity contribution in [2.24, 2.45) is 0 Å². The Hall–Kier alpha value is -1.26. The molecule has 1 rings (SSSR count). The molecule has 0 radical (unpaired) electrons. The number of anilines is 1. The summed E-state index contributed by atoms with van der Waals surface area (Å²) in [5.41, 5.74) is 6.38. The second kappa shape index (κ2) is 7.95. The van der Waals surface area contributed by atoms with Gasteiger partial charge in [0, 0.05) is 6.61 Å². The molecule has 0 saturated heterocycles. The van der Waals surface area contributed by atoms with Gasteiger partial charge in [-0.1, -0.05) is 18.0 Å². The van der Waals surface area contributed by atoms with E-state index in [0.29, 0.717) is 22.9 Å². The van der Waals surface area contributed by atoms with Crippen LogP contribution in [0.5, 0.6) is 0 Å². The summed E-state index contributed by atoms with van der Waals surface area (Å²) in [7, 11) is 0. The first kappa shape index (κ1) is 14.8. The molecule has 18 heavy (non-hydrogen) atoms. The van der Waals surface area contributed by atoms with Gasteiger partial charge in [-0.3, -0.25) is 0 Å². The fraction of sp³-hybridized carbons (Fsp3) is 0.462. The number of rotatable bonds is 7. The number of unbranched alkanes of at least 4 members (excludes halogenated alkanes) is 3. The molecule has 3 N–H and O–H groups in total. The van der Waals surface area contributed by atoms with Gasteiger partial charge in [-0.25, -0.2) is 4.79 Å². The van der Waals surface area contributed by atoms with E-state index >= 15 is 0 Å². The molecule has 0 aliphatic rings. The van der Waals surface area contributed by atoms with Crippen LogP contribution < -0.4 is 5.73 Å². The maximum absolute atomic E-state index is 11.6. The summed E-state index contributed by atoms with van der Waals surface area (Å²) in [4.78, 5) is 11.6. The molecule has 1 aromatic carbocycles. The van der Waals surface area contributed by atoms with Gasteiger partial charge in [-0.15, -0.1) is 0 Å². The second-order valence-corrected chi connectivity index (χ2v) is 4.42. The molecule has 0 aliphatic heterocycles. The molecular weight excluding hydrogens is 254 g/mol. The van der Waals surface area contributed by atoms with Crippen LogP contribution in [0.3, 0.4) is 0 Å². The molecule has 0 aliphatic carbocycles. The number of nitrogens with two attached hydrogens (primary N) is 1. The summed E-state index contributed by atoms with van der Waals surface area (Å²) < 4.78 is 5.10. The first-order chi connectivity index (χ1) is 8.65. The van der Waals surface area contributed by atoms with Gasteiger partial charge in [0.05, 0.1) is 22.9 Å². The molecular formula is C13H18ClNO3. The lowest BCUT2D eigenvalue weighted by Crippen LogP contribution is -2.07. The lowest BCUT2D eigenvalue weighted by atomic mass is 10.2. The Morgan fingerprint density at radius 2 is 2.00 bits per heavy atom. The summed E-state index contributed by atoms with van der Waals surface area (Å²) in [5, 5.41) is 9.03.